The van der Waals surface area contributed by atoms with Crippen molar-refractivity contribution in [2.45, 2.75) is 39.3 Å². The monoisotopic (exact) mass is 315 g/mol. The van der Waals surface area contributed by atoms with Crippen LogP contribution in [0.2, 0.25) is 0 Å². The number of carboxylic acids is 1. The van der Waals surface area contributed by atoms with Gasteiger partial charge >= 0.3 is 5.97 Å². The van der Waals surface area contributed by atoms with E-state index in [4.69, 9.17) is 14.3 Å². The van der Waals surface area contributed by atoms with Gasteiger partial charge in [0.2, 0.25) is 5.76 Å². The van der Waals surface area contributed by atoms with Crippen LogP contribution in [0.3, 0.4) is 0 Å². The zero-order chi connectivity index (χ0) is 16.6. The molecule has 0 radical (unpaired) electrons. The Bertz CT molecular complexity index is 732. The largest absolute Gasteiger partial charge is 0.484 e. The molecule has 1 aromatic heterocycles. The number of benzene rings is 1. The second kappa shape index (κ2) is 5.65. The second-order valence-electron chi connectivity index (χ2n) is 6.44. The number of carboxylic acid groups (broad SMARTS) is 1. The Labute approximate surface area is 135 Å². The maximum absolute atomic E-state index is 11.0. The third kappa shape index (κ3) is 3.18. The number of aromatic carboxylic acids is 1. The van der Waals surface area contributed by atoms with Crippen molar-refractivity contribution in [2.24, 2.45) is 0 Å². The predicted octanol–water partition coefficient (Wildman–Crippen LogP) is 3.72. The van der Waals surface area contributed by atoms with E-state index in [0.717, 1.165) is 17.9 Å². The van der Waals surface area contributed by atoms with Gasteiger partial charge in [-0.3, -0.25) is 0 Å². The second-order valence-corrected chi connectivity index (χ2v) is 6.44. The molecule has 0 aliphatic carbocycles. The van der Waals surface area contributed by atoms with E-state index in [2.05, 4.69) is 24.0 Å². The van der Waals surface area contributed by atoms with Crippen LogP contribution < -0.4 is 9.64 Å². The van der Waals surface area contributed by atoms with Crippen molar-refractivity contribution < 1.29 is 19.1 Å². The Kier molecular flexibility index (Phi) is 3.80. The van der Waals surface area contributed by atoms with E-state index in [1.807, 2.05) is 19.9 Å². The van der Waals surface area contributed by atoms with Gasteiger partial charge in [0, 0.05) is 0 Å². The van der Waals surface area contributed by atoms with Crippen LogP contribution in [0.1, 0.15) is 42.6 Å². The highest BCUT2D eigenvalue weighted by molar-refractivity contribution is 5.84. The summed E-state index contributed by atoms with van der Waals surface area (Å²) in [6, 6.07) is 9.42. The third-order valence-corrected chi connectivity index (χ3v) is 3.95. The first-order valence-electron chi connectivity index (χ1n) is 7.77. The summed E-state index contributed by atoms with van der Waals surface area (Å²) in [5.41, 5.74) is 1.95. The van der Waals surface area contributed by atoms with E-state index in [1.165, 1.54) is 11.6 Å². The first-order chi connectivity index (χ1) is 10.9. The Morgan fingerprint density at radius 2 is 2.09 bits per heavy atom. The lowest BCUT2D eigenvalue weighted by atomic mass is 10.0. The van der Waals surface area contributed by atoms with Gasteiger partial charge in [-0.05, 0) is 50.1 Å². The van der Waals surface area contributed by atoms with Gasteiger partial charge in [-0.1, -0.05) is 13.0 Å². The SMILES string of the molecule is CCc1ccc2c(c1)N(Cc1ccc(C(=O)O)o1)CC(C)(C)O2. The van der Waals surface area contributed by atoms with Crippen LogP contribution in [0.5, 0.6) is 5.75 Å². The molecule has 1 aliphatic heterocycles. The predicted molar refractivity (Wildman–Crippen MR) is 87.2 cm³/mol. The molecule has 0 unspecified atom stereocenters. The third-order valence-electron chi connectivity index (χ3n) is 3.95. The van der Waals surface area contributed by atoms with Gasteiger partial charge in [0.25, 0.3) is 0 Å². The molecule has 0 amide bonds. The molecule has 0 atom stereocenters. The van der Waals surface area contributed by atoms with Crippen molar-refractivity contribution in [3.63, 3.8) is 0 Å². The number of ether oxygens (including phenoxy) is 1. The number of hydrogen-bond acceptors (Lipinski definition) is 4. The molecule has 1 aromatic carbocycles. The lowest BCUT2D eigenvalue weighted by Gasteiger charge is -2.40. The quantitative estimate of drug-likeness (QED) is 0.931. The van der Waals surface area contributed by atoms with Gasteiger partial charge in [0.15, 0.2) is 0 Å². The number of aryl methyl sites for hydroxylation is 1. The Morgan fingerprint density at radius 3 is 2.74 bits per heavy atom. The highest BCUT2D eigenvalue weighted by atomic mass is 16.5. The molecule has 1 aliphatic rings. The van der Waals surface area contributed by atoms with Crippen LogP contribution in [-0.2, 0) is 13.0 Å². The summed E-state index contributed by atoms with van der Waals surface area (Å²) in [5, 5.41) is 8.99. The molecule has 5 nitrogen and oxygen atoms in total. The van der Waals surface area contributed by atoms with Crippen LogP contribution in [-0.4, -0.2) is 23.2 Å². The standard InChI is InChI=1S/C18H21NO4/c1-4-12-5-7-15-14(9-12)19(11-18(2,3)23-15)10-13-6-8-16(22-13)17(20)21/h5-9H,4,10-11H2,1-3H3,(H,20,21). The lowest BCUT2D eigenvalue weighted by Crippen LogP contribution is -2.46. The number of carbonyl (C=O) groups is 1. The van der Waals surface area contributed by atoms with Gasteiger partial charge in [-0.25, -0.2) is 4.79 Å². The number of furan rings is 1. The van der Waals surface area contributed by atoms with Gasteiger partial charge in [0.1, 0.15) is 17.1 Å². The summed E-state index contributed by atoms with van der Waals surface area (Å²) < 4.78 is 11.5. The minimum absolute atomic E-state index is 0.0324. The fraction of sp³-hybridized carbons (Fsp3) is 0.389. The number of nitrogens with zero attached hydrogens (tertiary/aromatic N) is 1. The Hall–Kier alpha value is -2.43. The van der Waals surface area contributed by atoms with E-state index in [-0.39, 0.29) is 11.4 Å². The summed E-state index contributed by atoms with van der Waals surface area (Å²) in [6.07, 6.45) is 0.953. The molecule has 122 valence electrons. The molecule has 1 N–H and O–H groups in total. The van der Waals surface area contributed by atoms with E-state index in [1.54, 1.807) is 6.07 Å². The molecule has 0 spiro atoms. The molecule has 0 fully saturated rings. The Morgan fingerprint density at radius 1 is 1.30 bits per heavy atom. The zero-order valence-corrected chi connectivity index (χ0v) is 13.6. The maximum Gasteiger partial charge on any atom is 0.371 e. The van der Waals surface area contributed by atoms with Crippen molar-refractivity contribution in [1.82, 2.24) is 0 Å². The molecule has 2 heterocycles. The average Bonchev–Trinajstić information content (AvgIpc) is 2.94. The highest BCUT2D eigenvalue weighted by Gasteiger charge is 2.32. The topological polar surface area (TPSA) is 62.9 Å². The maximum atomic E-state index is 11.0. The summed E-state index contributed by atoms with van der Waals surface area (Å²) in [4.78, 5) is 13.1. The fourth-order valence-corrected chi connectivity index (χ4v) is 2.90. The number of rotatable bonds is 4. The summed E-state index contributed by atoms with van der Waals surface area (Å²) in [6.45, 7) is 7.42. The van der Waals surface area contributed by atoms with Crippen molar-refractivity contribution >= 4 is 11.7 Å². The van der Waals surface area contributed by atoms with Crippen LogP contribution in [0.25, 0.3) is 0 Å². The number of anilines is 1. The first-order valence-corrected chi connectivity index (χ1v) is 7.77. The van der Waals surface area contributed by atoms with Gasteiger partial charge in [0.05, 0.1) is 18.8 Å². The van der Waals surface area contributed by atoms with E-state index < -0.39 is 5.97 Å². The lowest BCUT2D eigenvalue weighted by molar-refractivity contribution is 0.0659. The van der Waals surface area contributed by atoms with Crippen molar-refractivity contribution in [3.8, 4) is 5.75 Å². The average molecular weight is 315 g/mol. The first kappa shape index (κ1) is 15.5. The fourth-order valence-electron chi connectivity index (χ4n) is 2.90. The number of hydrogen-bond donors (Lipinski definition) is 1. The Balaban J connectivity index is 1.92. The van der Waals surface area contributed by atoms with Crippen LogP contribution in [0, 0.1) is 0 Å². The molecule has 3 rings (SSSR count). The molecular weight excluding hydrogens is 294 g/mol. The van der Waals surface area contributed by atoms with Crippen LogP contribution in [0.15, 0.2) is 34.7 Å². The molecule has 0 saturated heterocycles. The minimum atomic E-state index is -1.05. The molecular formula is C18H21NO4. The molecule has 23 heavy (non-hydrogen) atoms. The molecule has 0 bridgehead atoms. The minimum Gasteiger partial charge on any atom is -0.484 e. The highest BCUT2D eigenvalue weighted by Crippen LogP contribution is 2.38. The van der Waals surface area contributed by atoms with E-state index in [0.29, 0.717) is 18.8 Å². The molecule has 5 heteroatoms. The van der Waals surface area contributed by atoms with E-state index >= 15 is 0 Å². The van der Waals surface area contributed by atoms with Crippen LogP contribution in [0.4, 0.5) is 5.69 Å². The summed E-state index contributed by atoms with van der Waals surface area (Å²) >= 11 is 0. The normalized spacial score (nSPS) is 15.9. The van der Waals surface area contributed by atoms with Gasteiger partial charge in [-0.15, -0.1) is 0 Å². The van der Waals surface area contributed by atoms with Crippen molar-refractivity contribution in [2.75, 3.05) is 11.4 Å². The number of fused-ring (bicyclic) bond motifs is 1. The van der Waals surface area contributed by atoms with Crippen molar-refractivity contribution in [3.05, 3.63) is 47.4 Å². The van der Waals surface area contributed by atoms with Crippen LogP contribution >= 0.6 is 0 Å². The van der Waals surface area contributed by atoms with E-state index in [9.17, 15) is 4.79 Å². The molecule has 2 aromatic rings. The van der Waals surface area contributed by atoms with Gasteiger partial charge < -0.3 is 19.2 Å². The zero-order valence-electron chi connectivity index (χ0n) is 13.6. The summed E-state index contributed by atoms with van der Waals surface area (Å²) in [5.74, 6) is 0.402. The summed E-state index contributed by atoms with van der Waals surface area (Å²) in [7, 11) is 0. The smallest absolute Gasteiger partial charge is 0.371 e. The molecule has 0 saturated carbocycles. The van der Waals surface area contributed by atoms with Gasteiger partial charge in [-0.2, -0.15) is 0 Å². The van der Waals surface area contributed by atoms with Crippen molar-refractivity contribution in [1.29, 1.82) is 0 Å².